The van der Waals surface area contributed by atoms with Crippen LogP contribution in [-0.4, -0.2) is 31.5 Å². The monoisotopic (exact) mass is 256 g/mol. The van der Waals surface area contributed by atoms with Gasteiger partial charge in [-0.2, -0.15) is 5.26 Å². The predicted octanol–water partition coefficient (Wildman–Crippen LogP) is 1.65. The minimum Gasteiger partial charge on any atom is -0.391 e. The van der Waals surface area contributed by atoms with E-state index >= 15 is 0 Å². The van der Waals surface area contributed by atoms with Crippen molar-refractivity contribution in [3.8, 4) is 6.07 Å². The van der Waals surface area contributed by atoms with Gasteiger partial charge in [-0.1, -0.05) is 0 Å². The third-order valence-corrected chi connectivity index (χ3v) is 2.35. The van der Waals surface area contributed by atoms with Crippen molar-refractivity contribution in [2.75, 3.05) is 25.6 Å². The standard InChI is InChI=1S/C12H14F2N2O2/c1-18-7-9(17)4-5-16-10-3-2-8(6-15)11(13)12(10)14/h2-3,9,16-17H,4-5,7H2,1H3. The molecule has 0 spiro atoms. The van der Waals surface area contributed by atoms with Crippen molar-refractivity contribution in [2.45, 2.75) is 12.5 Å². The summed E-state index contributed by atoms with van der Waals surface area (Å²) in [5.41, 5.74) is -0.367. The van der Waals surface area contributed by atoms with E-state index in [0.717, 1.165) is 0 Å². The molecule has 0 heterocycles. The Balaban J connectivity index is 2.59. The number of hydrogen-bond donors (Lipinski definition) is 2. The number of nitriles is 1. The molecule has 1 aromatic rings. The zero-order valence-corrected chi connectivity index (χ0v) is 9.91. The van der Waals surface area contributed by atoms with Crippen molar-refractivity contribution in [1.29, 1.82) is 5.26 Å². The molecule has 2 N–H and O–H groups in total. The van der Waals surface area contributed by atoms with Gasteiger partial charge in [0.15, 0.2) is 11.6 Å². The van der Waals surface area contributed by atoms with Crippen LogP contribution in [0.25, 0.3) is 0 Å². The van der Waals surface area contributed by atoms with Crippen molar-refractivity contribution >= 4 is 5.69 Å². The van der Waals surface area contributed by atoms with E-state index in [2.05, 4.69) is 5.32 Å². The topological polar surface area (TPSA) is 65.3 Å². The molecule has 4 nitrogen and oxygen atoms in total. The second kappa shape index (κ2) is 6.89. The summed E-state index contributed by atoms with van der Waals surface area (Å²) in [6.07, 6.45) is -0.316. The van der Waals surface area contributed by atoms with Gasteiger partial charge in [-0.15, -0.1) is 0 Å². The highest BCUT2D eigenvalue weighted by Crippen LogP contribution is 2.20. The first-order valence-electron chi connectivity index (χ1n) is 5.39. The lowest BCUT2D eigenvalue weighted by Crippen LogP contribution is -2.18. The average Bonchev–Trinajstić information content (AvgIpc) is 2.35. The number of hydrogen-bond acceptors (Lipinski definition) is 4. The highest BCUT2D eigenvalue weighted by Gasteiger charge is 2.13. The number of halogens is 2. The molecule has 1 rings (SSSR count). The van der Waals surface area contributed by atoms with Crippen molar-refractivity contribution in [1.82, 2.24) is 0 Å². The van der Waals surface area contributed by atoms with Gasteiger partial charge in [0.2, 0.25) is 0 Å². The van der Waals surface area contributed by atoms with E-state index in [9.17, 15) is 13.9 Å². The summed E-state index contributed by atoms with van der Waals surface area (Å²) >= 11 is 0. The maximum atomic E-state index is 13.4. The summed E-state index contributed by atoms with van der Waals surface area (Å²) in [6.45, 7) is 0.457. The molecule has 0 aliphatic heterocycles. The maximum Gasteiger partial charge on any atom is 0.183 e. The van der Waals surface area contributed by atoms with Crippen LogP contribution < -0.4 is 5.32 Å². The van der Waals surface area contributed by atoms with Gasteiger partial charge in [0, 0.05) is 13.7 Å². The van der Waals surface area contributed by atoms with Crippen LogP contribution in [0.1, 0.15) is 12.0 Å². The molecule has 0 fully saturated rings. The minimum absolute atomic E-state index is 0.0314. The smallest absolute Gasteiger partial charge is 0.183 e. The van der Waals surface area contributed by atoms with Crippen molar-refractivity contribution < 1.29 is 18.6 Å². The third-order valence-electron chi connectivity index (χ3n) is 2.35. The number of nitrogens with one attached hydrogen (secondary N) is 1. The number of anilines is 1. The van der Waals surface area contributed by atoms with Gasteiger partial charge < -0.3 is 15.2 Å². The van der Waals surface area contributed by atoms with E-state index in [4.69, 9.17) is 10.00 Å². The summed E-state index contributed by atoms with van der Waals surface area (Å²) in [4.78, 5) is 0. The van der Waals surface area contributed by atoms with E-state index in [1.165, 1.54) is 19.2 Å². The third kappa shape index (κ3) is 3.65. The molecule has 0 amide bonds. The molecule has 0 saturated carbocycles. The van der Waals surface area contributed by atoms with Gasteiger partial charge >= 0.3 is 0 Å². The molecular weight excluding hydrogens is 242 g/mol. The van der Waals surface area contributed by atoms with Gasteiger partial charge in [-0.05, 0) is 18.6 Å². The lowest BCUT2D eigenvalue weighted by atomic mass is 10.2. The fourth-order valence-corrected chi connectivity index (χ4v) is 1.42. The molecule has 0 saturated heterocycles. The largest absolute Gasteiger partial charge is 0.391 e. The highest BCUT2D eigenvalue weighted by atomic mass is 19.2. The number of benzene rings is 1. The Bertz CT molecular complexity index is 446. The molecule has 0 aromatic heterocycles. The molecule has 1 aromatic carbocycles. The number of ether oxygens (including phenoxy) is 1. The Labute approximate surface area is 104 Å². The van der Waals surface area contributed by atoms with Crippen LogP contribution in [-0.2, 0) is 4.74 Å². The van der Waals surface area contributed by atoms with Crippen molar-refractivity contribution in [2.24, 2.45) is 0 Å². The number of aliphatic hydroxyl groups excluding tert-OH is 1. The van der Waals surface area contributed by atoms with Crippen LogP contribution in [0, 0.1) is 23.0 Å². The second-order valence-electron chi connectivity index (χ2n) is 3.73. The van der Waals surface area contributed by atoms with Gasteiger partial charge in [-0.25, -0.2) is 8.78 Å². The van der Waals surface area contributed by atoms with E-state index in [0.29, 0.717) is 6.42 Å². The molecule has 0 bridgehead atoms. The Hall–Kier alpha value is -1.71. The number of aliphatic hydroxyl groups is 1. The van der Waals surface area contributed by atoms with Crippen LogP contribution in [0.15, 0.2) is 12.1 Å². The Morgan fingerprint density at radius 3 is 2.78 bits per heavy atom. The van der Waals surface area contributed by atoms with E-state index in [-0.39, 0.29) is 24.4 Å². The van der Waals surface area contributed by atoms with E-state index in [1.54, 1.807) is 6.07 Å². The molecule has 0 aliphatic carbocycles. The normalized spacial score (nSPS) is 11.9. The van der Waals surface area contributed by atoms with Gasteiger partial charge in [0.05, 0.1) is 24.0 Å². The first kappa shape index (κ1) is 14.4. The van der Waals surface area contributed by atoms with Gasteiger partial charge in [-0.3, -0.25) is 0 Å². The van der Waals surface area contributed by atoms with Gasteiger partial charge in [0.1, 0.15) is 6.07 Å². The number of rotatable bonds is 6. The fourth-order valence-electron chi connectivity index (χ4n) is 1.42. The predicted molar refractivity (Wildman–Crippen MR) is 62.1 cm³/mol. The van der Waals surface area contributed by atoms with E-state index in [1.807, 2.05) is 0 Å². The minimum atomic E-state index is -1.17. The van der Waals surface area contributed by atoms with Crippen LogP contribution in [0.3, 0.4) is 0 Å². The van der Waals surface area contributed by atoms with Crippen LogP contribution in [0.5, 0.6) is 0 Å². The Morgan fingerprint density at radius 2 is 2.17 bits per heavy atom. The molecule has 98 valence electrons. The molecule has 18 heavy (non-hydrogen) atoms. The molecular formula is C12H14F2N2O2. The zero-order valence-electron chi connectivity index (χ0n) is 9.91. The SMILES string of the molecule is COCC(O)CCNc1ccc(C#N)c(F)c1F. The maximum absolute atomic E-state index is 13.4. The summed E-state index contributed by atoms with van der Waals surface area (Å²) in [6, 6.07) is 4.05. The Morgan fingerprint density at radius 1 is 1.44 bits per heavy atom. The average molecular weight is 256 g/mol. The van der Waals surface area contributed by atoms with Crippen molar-refractivity contribution in [3.63, 3.8) is 0 Å². The Kier molecular flexibility index (Phi) is 5.49. The van der Waals surface area contributed by atoms with Crippen LogP contribution in [0.2, 0.25) is 0 Å². The summed E-state index contributed by atoms with van der Waals surface area (Å²) in [7, 11) is 1.46. The van der Waals surface area contributed by atoms with Gasteiger partial charge in [0.25, 0.3) is 0 Å². The molecule has 0 radical (unpaired) electrons. The van der Waals surface area contributed by atoms with Crippen LogP contribution >= 0.6 is 0 Å². The molecule has 1 atom stereocenters. The van der Waals surface area contributed by atoms with E-state index < -0.39 is 17.7 Å². The molecule has 0 aliphatic rings. The molecule has 6 heteroatoms. The number of nitrogens with zero attached hydrogens (tertiary/aromatic N) is 1. The quantitative estimate of drug-likeness (QED) is 0.812. The van der Waals surface area contributed by atoms with Crippen molar-refractivity contribution in [3.05, 3.63) is 29.3 Å². The summed E-state index contributed by atoms with van der Waals surface area (Å²) in [5.74, 6) is -2.25. The lowest BCUT2D eigenvalue weighted by Gasteiger charge is -2.11. The number of methoxy groups -OCH3 is 1. The highest BCUT2D eigenvalue weighted by molar-refractivity contribution is 5.49. The first-order chi connectivity index (χ1) is 8.60. The van der Waals surface area contributed by atoms with Crippen LogP contribution in [0.4, 0.5) is 14.5 Å². The first-order valence-corrected chi connectivity index (χ1v) is 5.39. The second-order valence-corrected chi connectivity index (χ2v) is 3.73. The summed E-state index contributed by atoms with van der Waals surface area (Å²) < 4.78 is 31.4. The fraction of sp³-hybridized carbons (Fsp3) is 0.417. The molecule has 1 unspecified atom stereocenters. The lowest BCUT2D eigenvalue weighted by molar-refractivity contribution is 0.0615. The summed E-state index contributed by atoms with van der Waals surface area (Å²) in [5, 5.41) is 20.5. The zero-order chi connectivity index (χ0) is 13.5.